The van der Waals surface area contributed by atoms with Crippen molar-refractivity contribution in [3.63, 3.8) is 0 Å². The van der Waals surface area contributed by atoms with Gasteiger partial charge in [0.15, 0.2) is 0 Å². The van der Waals surface area contributed by atoms with Crippen molar-refractivity contribution < 1.29 is 0 Å². The Morgan fingerprint density at radius 2 is 2.20 bits per heavy atom. The largest absolute Gasteiger partial charge is 0.307 e. The smallest absolute Gasteiger partial charge is 0.0216 e. The van der Waals surface area contributed by atoms with Crippen LogP contribution in [0.1, 0.15) is 27.2 Å². The van der Waals surface area contributed by atoms with Gasteiger partial charge in [0, 0.05) is 12.1 Å². The molecule has 58 valence electrons. The number of hydrogen-bond acceptors (Lipinski definition) is 1. The van der Waals surface area contributed by atoms with E-state index < -0.39 is 0 Å². The Kier molecular flexibility index (Phi) is 1.86. The van der Waals surface area contributed by atoms with Gasteiger partial charge in [-0.25, -0.2) is 0 Å². The average Bonchev–Trinajstić information content (AvgIpc) is 2.13. The van der Waals surface area contributed by atoms with Gasteiger partial charge < -0.3 is 5.32 Å². The zero-order chi connectivity index (χ0) is 7.78. The maximum Gasteiger partial charge on any atom is 0.0216 e. The van der Waals surface area contributed by atoms with E-state index in [0.29, 0.717) is 11.5 Å². The first kappa shape index (κ1) is 7.80. The Labute approximate surface area is 63.5 Å². The Balaban J connectivity index is 2.63. The molecule has 0 aromatic carbocycles. The lowest BCUT2D eigenvalue weighted by molar-refractivity contribution is 0.305. The van der Waals surface area contributed by atoms with E-state index >= 15 is 0 Å². The van der Waals surface area contributed by atoms with Crippen LogP contribution in [-0.4, -0.2) is 12.1 Å². The minimum absolute atomic E-state index is 0.317. The molecule has 1 unspecified atom stereocenters. The minimum Gasteiger partial charge on any atom is -0.307 e. The van der Waals surface area contributed by atoms with E-state index in [1.165, 1.54) is 5.57 Å². The minimum atomic E-state index is 0.317. The summed E-state index contributed by atoms with van der Waals surface area (Å²) in [4.78, 5) is 0. The van der Waals surface area contributed by atoms with Crippen LogP contribution in [0.25, 0.3) is 0 Å². The van der Waals surface area contributed by atoms with Crippen LogP contribution in [0.3, 0.4) is 0 Å². The molecule has 1 atom stereocenters. The van der Waals surface area contributed by atoms with Gasteiger partial charge in [0.1, 0.15) is 0 Å². The lowest BCUT2D eigenvalue weighted by Crippen LogP contribution is -2.41. The van der Waals surface area contributed by atoms with Crippen molar-refractivity contribution in [2.45, 2.75) is 32.7 Å². The zero-order valence-corrected chi connectivity index (χ0v) is 7.20. The van der Waals surface area contributed by atoms with Crippen LogP contribution in [0.5, 0.6) is 0 Å². The lowest BCUT2D eigenvalue weighted by atomic mass is 9.86. The summed E-state index contributed by atoms with van der Waals surface area (Å²) in [6.07, 6.45) is 1.14. The van der Waals surface area contributed by atoms with Gasteiger partial charge in [0.2, 0.25) is 0 Å². The molecule has 0 aromatic rings. The number of nitrogens with one attached hydrogen (secondary N) is 1. The Bertz CT molecular complexity index is 149. The maximum atomic E-state index is 3.97. The molecule has 1 heteroatoms. The van der Waals surface area contributed by atoms with Crippen molar-refractivity contribution in [2.75, 3.05) is 6.54 Å². The second-order valence-electron chi connectivity index (χ2n) is 3.85. The monoisotopic (exact) mass is 139 g/mol. The van der Waals surface area contributed by atoms with E-state index in [4.69, 9.17) is 0 Å². The first-order chi connectivity index (χ1) is 4.54. The van der Waals surface area contributed by atoms with Crippen molar-refractivity contribution in [2.24, 2.45) is 5.92 Å². The zero-order valence-electron chi connectivity index (χ0n) is 7.20. The molecule has 1 aliphatic rings. The first-order valence-electron chi connectivity index (χ1n) is 3.96. The van der Waals surface area contributed by atoms with Gasteiger partial charge in [-0.15, -0.1) is 0 Å². The quantitative estimate of drug-likeness (QED) is 0.547. The van der Waals surface area contributed by atoms with Crippen molar-refractivity contribution in [3.8, 4) is 0 Å². The number of rotatable bonds is 1. The summed E-state index contributed by atoms with van der Waals surface area (Å²) in [5.74, 6) is 0.701. The standard InChI is InChI=1S/C9H17N/c1-7(2)9(4)5-8(3)6-10-9/h7,10H,3,5-6H2,1-2,4H3. The van der Waals surface area contributed by atoms with Gasteiger partial charge in [-0.05, 0) is 19.3 Å². The average molecular weight is 139 g/mol. The predicted molar refractivity (Wildman–Crippen MR) is 45.0 cm³/mol. The van der Waals surface area contributed by atoms with Crippen LogP contribution < -0.4 is 5.32 Å². The molecule has 1 rings (SSSR count). The van der Waals surface area contributed by atoms with Gasteiger partial charge in [0.05, 0.1) is 0 Å². The molecular formula is C9H17N. The number of hydrogen-bond donors (Lipinski definition) is 1. The summed E-state index contributed by atoms with van der Waals surface area (Å²) in [5.41, 5.74) is 1.66. The molecule has 10 heavy (non-hydrogen) atoms. The summed E-state index contributed by atoms with van der Waals surface area (Å²) in [5, 5.41) is 3.48. The summed E-state index contributed by atoms with van der Waals surface area (Å²) in [6.45, 7) is 11.8. The fourth-order valence-electron chi connectivity index (χ4n) is 1.38. The molecule has 0 spiro atoms. The van der Waals surface area contributed by atoms with E-state index in [2.05, 4.69) is 32.7 Å². The van der Waals surface area contributed by atoms with Crippen LogP contribution in [0, 0.1) is 5.92 Å². The molecule has 0 saturated carbocycles. The van der Waals surface area contributed by atoms with E-state index in [1.807, 2.05) is 0 Å². The van der Waals surface area contributed by atoms with Crippen LogP contribution in [0.2, 0.25) is 0 Å². The SMILES string of the molecule is C=C1CNC(C)(C(C)C)C1. The van der Waals surface area contributed by atoms with Gasteiger partial charge in [-0.3, -0.25) is 0 Å². The molecular weight excluding hydrogens is 122 g/mol. The molecule has 0 aliphatic carbocycles. The predicted octanol–water partition coefficient (Wildman–Crippen LogP) is 1.95. The Morgan fingerprint density at radius 1 is 1.60 bits per heavy atom. The third-order valence-electron chi connectivity index (χ3n) is 2.63. The Morgan fingerprint density at radius 3 is 2.40 bits per heavy atom. The third-order valence-corrected chi connectivity index (χ3v) is 2.63. The van der Waals surface area contributed by atoms with E-state index in [1.54, 1.807) is 0 Å². The van der Waals surface area contributed by atoms with Crippen molar-refractivity contribution in [1.82, 2.24) is 5.32 Å². The van der Waals surface area contributed by atoms with Gasteiger partial charge in [-0.1, -0.05) is 26.0 Å². The van der Waals surface area contributed by atoms with Crippen LogP contribution in [0.4, 0.5) is 0 Å². The molecule has 0 aromatic heterocycles. The van der Waals surface area contributed by atoms with Crippen LogP contribution in [0.15, 0.2) is 12.2 Å². The molecule has 1 nitrogen and oxygen atoms in total. The summed E-state index contributed by atoms with van der Waals surface area (Å²) >= 11 is 0. The van der Waals surface area contributed by atoms with Crippen LogP contribution >= 0.6 is 0 Å². The highest BCUT2D eigenvalue weighted by Crippen LogP contribution is 2.28. The topological polar surface area (TPSA) is 12.0 Å². The second-order valence-corrected chi connectivity index (χ2v) is 3.85. The highest BCUT2D eigenvalue weighted by Gasteiger charge is 2.32. The van der Waals surface area contributed by atoms with Gasteiger partial charge >= 0.3 is 0 Å². The molecule has 0 radical (unpaired) electrons. The summed E-state index contributed by atoms with van der Waals surface area (Å²) in [6, 6.07) is 0. The van der Waals surface area contributed by atoms with Gasteiger partial charge in [0.25, 0.3) is 0 Å². The molecule has 1 aliphatic heterocycles. The molecule has 1 fully saturated rings. The fraction of sp³-hybridized carbons (Fsp3) is 0.778. The van der Waals surface area contributed by atoms with Crippen LogP contribution in [-0.2, 0) is 0 Å². The van der Waals surface area contributed by atoms with E-state index in [9.17, 15) is 0 Å². The van der Waals surface area contributed by atoms with Crippen molar-refractivity contribution in [3.05, 3.63) is 12.2 Å². The van der Waals surface area contributed by atoms with E-state index in [0.717, 1.165) is 13.0 Å². The lowest BCUT2D eigenvalue weighted by Gasteiger charge is -2.28. The highest BCUT2D eigenvalue weighted by atomic mass is 15.0. The second kappa shape index (κ2) is 2.39. The molecule has 1 heterocycles. The van der Waals surface area contributed by atoms with Crippen molar-refractivity contribution >= 4 is 0 Å². The fourth-order valence-corrected chi connectivity index (χ4v) is 1.38. The molecule has 0 amide bonds. The summed E-state index contributed by atoms with van der Waals surface area (Å²) in [7, 11) is 0. The van der Waals surface area contributed by atoms with Gasteiger partial charge in [-0.2, -0.15) is 0 Å². The van der Waals surface area contributed by atoms with Crippen molar-refractivity contribution in [1.29, 1.82) is 0 Å². The molecule has 1 N–H and O–H groups in total. The Hall–Kier alpha value is -0.300. The molecule has 0 bridgehead atoms. The third kappa shape index (κ3) is 1.24. The normalized spacial score (nSPS) is 33.8. The maximum absolute atomic E-state index is 3.97. The first-order valence-corrected chi connectivity index (χ1v) is 3.96. The highest BCUT2D eigenvalue weighted by molar-refractivity contribution is 5.13. The summed E-state index contributed by atoms with van der Waals surface area (Å²) < 4.78 is 0. The van der Waals surface area contributed by atoms with E-state index in [-0.39, 0.29) is 0 Å². The molecule has 1 saturated heterocycles.